The molecule has 27 heavy (non-hydrogen) atoms. The van der Waals surface area contributed by atoms with Crippen LogP contribution in [-0.2, 0) is 4.79 Å². The molecule has 0 bridgehead atoms. The number of nitrogens with one attached hydrogen (secondary N) is 1. The summed E-state index contributed by atoms with van der Waals surface area (Å²) in [4.78, 5) is 21.5. The van der Waals surface area contributed by atoms with Crippen molar-refractivity contribution in [2.24, 2.45) is 4.99 Å². The van der Waals surface area contributed by atoms with Crippen LogP contribution in [0.3, 0.4) is 0 Å². The first-order chi connectivity index (χ1) is 13.2. The molecule has 6 nitrogen and oxygen atoms in total. The van der Waals surface area contributed by atoms with E-state index < -0.39 is 0 Å². The van der Waals surface area contributed by atoms with E-state index >= 15 is 0 Å². The molecule has 0 spiro atoms. The topological polar surface area (TPSA) is 68.5 Å². The van der Waals surface area contributed by atoms with Gasteiger partial charge in [0.25, 0.3) is 5.91 Å². The Morgan fingerprint density at radius 1 is 1.41 bits per heavy atom. The fourth-order valence-corrected chi connectivity index (χ4v) is 4.01. The molecule has 0 radical (unpaired) electrons. The SMILES string of the molecule is CCC(C)n1c(-c2ccc3c(c2)NC(=O)CO3)csc1=Nc1cccnc1. The van der Waals surface area contributed by atoms with Crippen molar-refractivity contribution in [3.63, 3.8) is 0 Å². The highest BCUT2D eigenvalue weighted by molar-refractivity contribution is 7.07. The monoisotopic (exact) mass is 380 g/mol. The summed E-state index contributed by atoms with van der Waals surface area (Å²) in [6, 6.07) is 9.99. The van der Waals surface area contributed by atoms with Crippen molar-refractivity contribution in [3.8, 4) is 17.0 Å². The first kappa shape index (κ1) is 17.5. The van der Waals surface area contributed by atoms with Crippen molar-refractivity contribution >= 4 is 28.6 Å². The lowest BCUT2D eigenvalue weighted by atomic mass is 10.1. The molecule has 2 aromatic heterocycles. The molecule has 1 unspecified atom stereocenters. The number of carbonyl (C=O) groups excluding carboxylic acids is 1. The van der Waals surface area contributed by atoms with Gasteiger partial charge in [0.15, 0.2) is 11.4 Å². The number of hydrogen-bond acceptors (Lipinski definition) is 5. The van der Waals surface area contributed by atoms with Crippen molar-refractivity contribution in [2.75, 3.05) is 11.9 Å². The minimum Gasteiger partial charge on any atom is -0.482 e. The molecule has 3 heterocycles. The number of rotatable bonds is 4. The van der Waals surface area contributed by atoms with Crippen molar-refractivity contribution in [1.82, 2.24) is 9.55 Å². The Kier molecular flexibility index (Phi) is 4.77. The lowest BCUT2D eigenvalue weighted by Crippen LogP contribution is -2.25. The summed E-state index contributed by atoms with van der Waals surface area (Å²) in [5, 5.41) is 4.98. The average molecular weight is 380 g/mol. The first-order valence-corrected chi connectivity index (χ1v) is 9.75. The van der Waals surface area contributed by atoms with Gasteiger partial charge in [-0.2, -0.15) is 0 Å². The zero-order chi connectivity index (χ0) is 18.8. The third-order valence-corrected chi connectivity index (χ3v) is 5.39. The molecule has 0 saturated heterocycles. The Morgan fingerprint density at radius 3 is 3.07 bits per heavy atom. The maximum absolute atomic E-state index is 11.6. The Hall–Kier alpha value is -2.93. The number of amides is 1. The number of aromatic nitrogens is 2. The molecule has 0 fully saturated rings. The molecule has 0 saturated carbocycles. The van der Waals surface area contributed by atoms with Gasteiger partial charge in [-0.15, -0.1) is 11.3 Å². The maximum Gasteiger partial charge on any atom is 0.262 e. The smallest absolute Gasteiger partial charge is 0.262 e. The van der Waals surface area contributed by atoms with Gasteiger partial charge >= 0.3 is 0 Å². The quantitative estimate of drug-likeness (QED) is 0.739. The molecule has 1 amide bonds. The van der Waals surface area contributed by atoms with Crippen LogP contribution >= 0.6 is 11.3 Å². The molecular weight excluding hydrogens is 360 g/mol. The van der Waals surface area contributed by atoms with Crippen molar-refractivity contribution < 1.29 is 9.53 Å². The van der Waals surface area contributed by atoms with Crippen LogP contribution in [0.5, 0.6) is 5.75 Å². The highest BCUT2D eigenvalue weighted by Gasteiger charge is 2.19. The van der Waals surface area contributed by atoms with Crippen LogP contribution in [0.15, 0.2) is 53.1 Å². The minimum absolute atomic E-state index is 0.0613. The second-order valence-electron chi connectivity index (χ2n) is 6.40. The van der Waals surface area contributed by atoms with Gasteiger partial charge in [0.05, 0.1) is 23.3 Å². The Morgan fingerprint density at radius 2 is 2.30 bits per heavy atom. The standard InChI is InChI=1S/C20H20N4O2S/c1-3-13(2)24-17(12-27-20(24)22-15-5-4-8-21-10-15)14-6-7-18-16(9-14)23-19(25)11-26-18/h4-10,12-13H,3,11H2,1-2H3,(H,23,25). The number of anilines is 1. The van der Waals surface area contributed by atoms with Crippen LogP contribution in [-0.4, -0.2) is 22.1 Å². The zero-order valence-corrected chi connectivity index (χ0v) is 16.0. The summed E-state index contributed by atoms with van der Waals surface area (Å²) in [5.41, 5.74) is 3.62. The largest absolute Gasteiger partial charge is 0.482 e. The Bertz CT molecular complexity index is 1040. The van der Waals surface area contributed by atoms with E-state index in [1.54, 1.807) is 23.7 Å². The summed E-state index contributed by atoms with van der Waals surface area (Å²) in [5.74, 6) is 0.566. The molecular formula is C20H20N4O2S. The van der Waals surface area contributed by atoms with Crippen molar-refractivity contribution in [3.05, 3.63) is 52.9 Å². The number of nitrogens with zero attached hydrogens (tertiary/aromatic N) is 3. The van der Waals surface area contributed by atoms with Gasteiger partial charge in [-0.25, -0.2) is 4.99 Å². The normalized spacial score (nSPS) is 15.0. The summed E-state index contributed by atoms with van der Waals surface area (Å²) in [6.07, 6.45) is 4.48. The molecule has 1 aliphatic heterocycles. The first-order valence-electron chi connectivity index (χ1n) is 8.87. The number of pyridine rings is 1. The zero-order valence-electron chi connectivity index (χ0n) is 15.2. The van der Waals surface area contributed by atoms with Crippen molar-refractivity contribution in [1.29, 1.82) is 0 Å². The fraction of sp³-hybridized carbons (Fsp3) is 0.250. The maximum atomic E-state index is 11.6. The van der Waals surface area contributed by atoms with E-state index in [2.05, 4.69) is 34.1 Å². The fourth-order valence-electron chi connectivity index (χ4n) is 2.99. The number of ether oxygens (including phenoxy) is 1. The van der Waals surface area contributed by atoms with E-state index in [1.807, 2.05) is 30.3 Å². The van der Waals surface area contributed by atoms with E-state index in [0.717, 1.165) is 28.2 Å². The molecule has 7 heteroatoms. The molecule has 1 N–H and O–H groups in total. The van der Waals surface area contributed by atoms with E-state index in [0.29, 0.717) is 11.4 Å². The number of fused-ring (bicyclic) bond motifs is 1. The van der Waals surface area contributed by atoms with Crippen LogP contribution < -0.4 is 14.9 Å². The number of carbonyl (C=O) groups is 1. The molecule has 1 aromatic carbocycles. The van der Waals surface area contributed by atoms with Gasteiger partial charge in [-0.1, -0.05) is 6.92 Å². The highest BCUT2D eigenvalue weighted by Crippen LogP contribution is 2.34. The van der Waals surface area contributed by atoms with Gasteiger partial charge in [0.1, 0.15) is 5.75 Å². The number of thiazole rings is 1. The predicted molar refractivity (Wildman–Crippen MR) is 106 cm³/mol. The molecule has 4 rings (SSSR count). The van der Waals surface area contributed by atoms with E-state index in [4.69, 9.17) is 9.73 Å². The molecule has 0 aliphatic carbocycles. The number of benzene rings is 1. The van der Waals surface area contributed by atoms with Crippen molar-refractivity contribution in [2.45, 2.75) is 26.3 Å². The van der Waals surface area contributed by atoms with Gasteiger partial charge in [-0.05, 0) is 43.7 Å². The van der Waals surface area contributed by atoms with E-state index in [1.165, 1.54) is 0 Å². The van der Waals surface area contributed by atoms with E-state index in [-0.39, 0.29) is 18.6 Å². The molecule has 1 atom stereocenters. The predicted octanol–water partition coefficient (Wildman–Crippen LogP) is 4.15. The summed E-state index contributed by atoms with van der Waals surface area (Å²) >= 11 is 1.60. The van der Waals surface area contributed by atoms with Gasteiger partial charge in [0.2, 0.25) is 0 Å². The Labute approximate surface area is 161 Å². The number of hydrogen-bond donors (Lipinski definition) is 1. The van der Waals surface area contributed by atoms with Crippen LogP contribution in [0.4, 0.5) is 11.4 Å². The van der Waals surface area contributed by atoms with Crippen LogP contribution in [0, 0.1) is 0 Å². The van der Waals surface area contributed by atoms with Crippen LogP contribution in [0.1, 0.15) is 26.3 Å². The molecule has 1 aliphatic rings. The van der Waals surface area contributed by atoms with E-state index in [9.17, 15) is 4.79 Å². The minimum atomic E-state index is -0.132. The second kappa shape index (κ2) is 7.36. The molecule has 3 aromatic rings. The summed E-state index contributed by atoms with van der Waals surface area (Å²) < 4.78 is 7.71. The lowest BCUT2D eigenvalue weighted by molar-refractivity contribution is -0.118. The van der Waals surface area contributed by atoms with Crippen LogP contribution in [0.2, 0.25) is 0 Å². The third kappa shape index (κ3) is 3.50. The molecule has 138 valence electrons. The Balaban J connectivity index is 1.83. The van der Waals surface area contributed by atoms with Gasteiger partial charge in [0, 0.05) is 23.2 Å². The van der Waals surface area contributed by atoms with Crippen LogP contribution in [0.25, 0.3) is 11.3 Å². The summed E-state index contributed by atoms with van der Waals surface area (Å²) in [6.45, 7) is 4.40. The lowest BCUT2D eigenvalue weighted by Gasteiger charge is -2.20. The van der Waals surface area contributed by atoms with Gasteiger partial charge in [-0.3, -0.25) is 9.78 Å². The average Bonchev–Trinajstić information content (AvgIpc) is 3.11. The summed E-state index contributed by atoms with van der Waals surface area (Å²) in [7, 11) is 0. The highest BCUT2D eigenvalue weighted by atomic mass is 32.1. The van der Waals surface area contributed by atoms with Gasteiger partial charge < -0.3 is 14.6 Å². The third-order valence-electron chi connectivity index (χ3n) is 4.55. The second-order valence-corrected chi connectivity index (χ2v) is 7.24.